The second-order valence-corrected chi connectivity index (χ2v) is 6.70. The van der Waals surface area contributed by atoms with Crippen LogP contribution in [0.2, 0.25) is 0 Å². The van der Waals surface area contributed by atoms with Gasteiger partial charge in [-0.15, -0.1) is 0 Å². The van der Waals surface area contributed by atoms with Crippen molar-refractivity contribution in [3.8, 4) is 0 Å². The lowest BCUT2D eigenvalue weighted by atomic mass is 9.80. The van der Waals surface area contributed by atoms with E-state index in [1.807, 2.05) is 18.2 Å². The monoisotopic (exact) mass is 287 g/mol. The van der Waals surface area contributed by atoms with E-state index in [1.165, 1.54) is 6.42 Å². The molecule has 2 unspecified atom stereocenters. The van der Waals surface area contributed by atoms with Gasteiger partial charge in [-0.1, -0.05) is 13.8 Å². The first-order chi connectivity index (χ1) is 10.1. The van der Waals surface area contributed by atoms with Crippen LogP contribution in [-0.2, 0) is 0 Å². The number of hydrogen-bond acceptors (Lipinski definition) is 3. The van der Waals surface area contributed by atoms with Crippen molar-refractivity contribution in [2.75, 3.05) is 23.7 Å². The predicted molar refractivity (Wildman–Crippen MR) is 86.9 cm³/mol. The summed E-state index contributed by atoms with van der Waals surface area (Å²) in [5.41, 5.74) is 2.85. The zero-order chi connectivity index (χ0) is 14.8. The molecule has 21 heavy (non-hydrogen) atoms. The average molecular weight is 287 g/mol. The molecule has 1 heterocycles. The highest BCUT2D eigenvalue weighted by atomic mass is 16.1. The van der Waals surface area contributed by atoms with Gasteiger partial charge < -0.3 is 16.0 Å². The number of anilines is 2. The van der Waals surface area contributed by atoms with Gasteiger partial charge in [-0.3, -0.25) is 4.79 Å². The summed E-state index contributed by atoms with van der Waals surface area (Å²) in [7, 11) is 0. The first kappa shape index (κ1) is 14.2. The topological polar surface area (TPSA) is 53.2 Å². The second-order valence-electron chi connectivity index (χ2n) is 6.70. The van der Waals surface area contributed by atoms with Crippen molar-refractivity contribution >= 4 is 17.3 Å². The van der Waals surface area contributed by atoms with Crippen molar-refractivity contribution in [3.05, 3.63) is 23.8 Å². The van der Waals surface area contributed by atoms with Crippen LogP contribution >= 0.6 is 0 Å². The van der Waals surface area contributed by atoms with Crippen molar-refractivity contribution < 1.29 is 4.79 Å². The molecule has 4 nitrogen and oxygen atoms in total. The lowest BCUT2D eigenvalue weighted by molar-refractivity contribution is 0.0911. The fraction of sp³-hybridized carbons (Fsp3) is 0.588. The zero-order valence-electron chi connectivity index (χ0n) is 12.9. The van der Waals surface area contributed by atoms with E-state index in [2.05, 4.69) is 29.8 Å². The third-order valence-electron chi connectivity index (χ3n) is 4.55. The maximum absolute atomic E-state index is 12.5. The summed E-state index contributed by atoms with van der Waals surface area (Å²) in [5.74, 6) is 1.46. The van der Waals surface area contributed by atoms with E-state index < -0.39 is 0 Å². The molecular formula is C17H25N3O. The minimum absolute atomic E-state index is 0.0523. The van der Waals surface area contributed by atoms with Gasteiger partial charge in [0.1, 0.15) is 0 Å². The summed E-state index contributed by atoms with van der Waals surface area (Å²) in [5, 5.41) is 9.88. The van der Waals surface area contributed by atoms with Crippen LogP contribution in [0.5, 0.6) is 0 Å². The number of benzene rings is 1. The minimum Gasteiger partial charge on any atom is -0.382 e. The van der Waals surface area contributed by atoms with E-state index in [4.69, 9.17) is 0 Å². The highest BCUT2D eigenvalue weighted by Gasteiger charge is 2.25. The Morgan fingerprint density at radius 3 is 2.43 bits per heavy atom. The van der Waals surface area contributed by atoms with Crippen molar-refractivity contribution in [1.29, 1.82) is 0 Å². The van der Waals surface area contributed by atoms with Gasteiger partial charge in [0.15, 0.2) is 0 Å². The Kier molecular flexibility index (Phi) is 4.04. The summed E-state index contributed by atoms with van der Waals surface area (Å²) in [4.78, 5) is 12.5. The Bertz CT molecular complexity index is 519. The number of nitrogens with one attached hydrogen (secondary N) is 3. The van der Waals surface area contributed by atoms with E-state index in [9.17, 15) is 4.79 Å². The van der Waals surface area contributed by atoms with Crippen LogP contribution in [0.4, 0.5) is 11.4 Å². The zero-order valence-corrected chi connectivity index (χ0v) is 12.9. The van der Waals surface area contributed by atoms with E-state index >= 15 is 0 Å². The standard InChI is InChI=1S/C17H25N3O/c1-11-7-12(2)9-14(8-11)20-17(21)13-3-4-15-16(10-13)19-6-5-18-15/h3-4,10-12,14,18-19H,5-9H2,1-2H3,(H,20,21). The molecule has 1 aliphatic carbocycles. The Balaban J connectivity index is 1.67. The lowest BCUT2D eigenvalue weighted by Gasteiger charge is -2.32. The number of hydrogen-bond donors (Lipinski definition) is 3. The third-order valence-corrected chi connectivity index (χ3v) is 4.55. The molecule has 1 aromatic carbocycles. The quantitative estimate of drug-likeness (QED) is 0.783. The molecule has 1 fully saturated rings. The molecule has 114 valence electrons. The van der Waals surface area contributed by atoms with Gasteiger partial charge in [0.25, 0.3) is 5.91 Å². The number of amides is 1. The molecule has 1 aromatic rings. The summed E-state index contributed by atoms with van der Waals surface area (Å²) in [6.07, 6.45) is 3.47. The van der Waals surface area contributed by atoms with E-state index in [0.717, 1.165) is 42.9 Å². The highest BCUT2D eigenvalue weighted by Crippen LogP contribution is 2.29. The molecule has 1 aliphatic heterocycles. The third kappa shape index (κ3) is 3.31. The summed E-state index contributed by atoms with van der Waals surface area (Å²) in [6.45, 7) is 6.39. The lowest BCUT2D eigenvalue weighted by Crippen LogP contribution is -2.40. The number of fused-ring (bicyclic) bond motifs is 1. The van der Waals surface area contributed by atoms with Crippen molar-refractivity contribution in [2.45, 2.75) is 39.2 Å². The van der Waals surface area contributed by atoms with Gasteiger partial charge in [-0.05, 0) is 49.3 Å². The fourth-order valence-electron chi connectivity index (χ4n) is 3.71. The van der Waals surface area contributed by atoms with Crippen LogP contribution < -0.4 is 16.0 Å². The normalized spacial score (nSPS) is 28.0. The number of rotatable bonds is 2. The molecule has 2 aliphatic rings. The van der Waals surface area contributed by atoms with Crippen LogP contribution in [0.25, 0.3) is 0 Å². The molecule has 3 rings (SSSR count). The maximum atomic E-state index is 12.5. The van der Waals surface area contributed by atoms with Gasteiger partial charge >= 0.3 is 0 Å². The van der Waals surface area contributed by atoms with Crippen LogP contribution in [0.3, 0.4) is 0 Å². The largest absolute Gasteiger partial charge is 0.382 e. The Morgan fingerprint density at radius 2 is 1.71 bits per heavy atom. The van der Waals surface area contributed by atoms with Crippen molar-refractivity contribution in [1.82, 2.24) is 5.32 Å². The van der Waals surface area contributed by atoms with Gasteiger partial charge in [0.2, 0.25) is 0 Å². The molecule has 0 saturated heterocycles. The molecule has 3 N–H and O–H groups in total. The summed E-state index contributed by atoms with van der Waals surface area (Å²) < 4.78 is 0. The van der Waals surface area contributed by atoms with Crippen LogP contribution in [0.1, 0.15) is 43.5 Å². The maximum Gasteiger partial charge on any atom is 0.251 e. The van der Waals surface area contributed by atoms with Crippen LogP contribution in [0, 0.1) is 11.8 Å². The molecule has 2 atom stereocenters. The smallest absolute Gasteiger partial charge is 0.251 e. The van der Waals surface area contributed by atoms with Crippen LogP contribution in [-0.4, -0.2) is 25.0 Å². The summed E-state index contributed by atoms with van der Waals surface area (Å²) in [6, 6.07) is 6.16. The Labute approximate surface area is 126 Å². The Morgan fingerprint density at radius 1 is 1.05 bits per heavy atom. The predicted octanol–water partition coefficient (Wildman–Crippen LogP) is 3.08. The molecule has 0 aromatic heterocycles. The molecular weight excluding hydrogens is 262 g/mol. The number of carbonyl (C=O) groups excluding carboxylic acids is 1. The SMILES string of the molecule is CC1CC(C)CC(NC(=O)c2ccc3c(c2)NCCN3)C1. The minimum atomic E-state index is 0.0523. The molecule has 0 bridgehead atoms. The van der Waals surface area contributed by atoms with E-state index in [-0.39, 0.29) is 5.91 Å². The van der Waals surface area contributed by atoms with E-state index in [0.29, 0.717) is 17.9 Å². The fourth-order valence-corrected chi connectivity index (χ4v) is 3.71. The van der Waals surface area contributed by atoms with Crippen LogP contribution in [0.15, 0.2) is 18.2 Å². The Hall–Kier alpha value is -1.71. The van der Waals surface area contributed by atoms with Gasteiger partial charge in [0, 0.05) is 24.7 Å². The molecule has 0 spiro atoms. The van der Waals surface area contributed by atoms with E-state index in [1.54, 1.807) is 0 Å². The second kappa shape index (κ2) is 5.96. The number of carbonyl (C=O) groups is 1. The first-order valence-electron chi connectivity index (χ1n) is 8.04. The molecule has 4 heteroatoms. The van der Waals surface area contributed by atoms with Gasteiger partial charge in [-0.25, -0.2) is 0 Å². The van der Waals surface area contributed by atoms with Gasteiger partial charge in [0.05, 0.1) is 11.4 Å². The molecule has 0 radical (unpaired) electrons. The summed E-state index contributed by atoms with van der Waals surface area (Å²) >= 11 is 0. The molecule has 1 saturated carbocycles. The highest BCUT2D eigenvalue weighted by molar-refractivity contribution is 5.96. The van der Waals surface area contributed by atoms with Crippen molar-refractivity contribution in [3.63, 3.8) is 0 Å². The average Bonchev–Trinajstić information content (AvgIpc) is 2.45. The molecule has 1 amide bonds. The van der Waals surface area contributed by atoms with Crippen molar-refractivity contribution in [2.24, 2.45) is 11.8 Å². The van der Waals surface area contributed by atoms with Gasteiger partial charge in [-0.2, -0.15) is 0 Å². The first-order valence-corrected chi connectivity index (χ1v) is 8.04.